The Hall–Kier alpha value is -2.37. The number of rotatable bonds is 11. The van der Waals surface area contributed by atoms with Crippen LogP contribution in [0.1, 0.15) is 57.4 Å². The molecular formula is C27H26Cl2N4O5PS2-. The highest BCUT2D eigenvalue weighted by Crippen LogP contribution is 2.46. The molecule has 0 spiro atoms. The molecule has 216 valence electrons. The van der Waals surface area contributed by atoms with Crippen LogP contribution in [0, 0.1) is 0 Å². The van der Waals surface area contributed by atoms with E-state index in [0.717, 1.165) is 60.5 Å². The smallest absolute Gasteiger partial charge is 0.282 e. The number of hydrogen-bond donors (Lipinski definition) is 1. The van der Waals surface area contributed by atoms with Crippen molar-refractivity contribution in [1.29, 1.82) is 0 Å². The van der Waals surface area contributed by atoms with Crippen LogP contribution in [0.2, 0.25) is 10.0 Å². The van der Waals surface area contributed by atoms with Crippen LogP contribution in [-0.2, 0) is 22.6 Å². The number of nitrogens with one attached hydrogen (secondary N) is 1. The molecule has 1 aromatic carbocycles. The van der Waals surface area contributed by atoms with Crippen LogP contribution in [0.3, 0.4) is 0 Å². The number of ether oxygens (including phenoxy) is 1. The van der Waals surface area contributed by atoms with Gasteiger partial charge < -0.3 is 18.5 Å². The maximum absolute atomic E-state index is 12.2. The summed E-state index contributed by atoms with van der Waals surface area (Å²) in [6.45, 7) is 8.83. The molecular weight excluding hydrogens is 626 g/mol. The predicted octanol–water partition coefficient (Wildman–Crippen LogP) is 6.56. The van der Waals surface area contributed by atoms with Crippen molar-refractivity contribution < 1.29 is 22.8 Å². The van der Waals surface area contributed by atoms with E-state index in [-0.39, 0.29) is 11.8 Å². The Morgan fingerprint density at radius 3 is 2.68 bits per heavy atom. The van der Waals surface area contributed by atoms with Crippen LogP contribution in [0.15, 0.2) is 47.7 Å². The minimum absolute atomic E-state index is 0.00942. The molecule has 2 fully saturated rings. The van der Waals surface area contributed by atoms with Crippen molar-refractivity contribution in [2.45, 2.75) is 37.9 Å². The van der Waals surface area contributed by atoms with E-state index in [1.54, 1.807) is 24.3 Å². The van der Waals surface area contributed by atoms with Crippen molar-refractivity contribution in [3.8, 4) is 11.3 Å². The lowest BCUT2D eigenvalue weighted by atomic mass is 10.0. The highest BCUT2D eigenvalue weighted by molar-refractivity contribution is 7.77. The van der Waals surface area contributed by atoms with Gasteiger partial charge in [0.2, 0.25) is 0 Å². The fourth-order valence-corrected chi connectivity index (χ4v) is 7.58. The van der Waals surface area contributed by atoms with Gasteiger partial charge in [-0.1, -0.05) is 53.7 Å². The Balaban J connectivity index is 1.26. The van der Waals surface area contributed by atoms with Gasteiger partial charge in [-0.2, -0.15) is 4.37 Å². The lowest BCUT2D eigenvalue weighted by Gasteiger charge is -2.34. The van der Waals surface area contributed by atoms with E-state index in [1.807, 2.05) is 10.8 Å². The van der Waals surface area contributed by atoms with Crippen LogP contribution in [0.25, 0.3) is 23.4 Å². The molecule has 2 aromatic heterocycles. The van der Waals surface area contributed by atoms with Gasteiger partial charge in [-0.05, 0) is 63.8 Å². The first-order valence-electron chi connectivity index (χ1n) is 12.7. The summed E-state index contributed by atoms with van der Waals surface area (Å²) in [7, 11) is 0.439. The number of carbonyl (C=O) groups is 1. The van der Waals surface area contributed by atoms with Gasteiger partial charge in [-0.15, -0.1) is 0 Å². The average molecular weight is 653 g/mol. The lowest BCUT2D eigenvalue weighted by Crippen LogP contribution is -2.30. The zero-order valence-electron chi connectivity index (χ0n) is 21.7. The molecule has 3 aromatic rings. The number of benzene rings is 1. The SMILES string of the molecule is C=C/C(=C\c1snc(C(=O)NS(=O)[O-])c1C=C)N1CCC(OCc2c(-c3c(Cl)cccc3Cl)noc2C2CC2)CP1. The zero-order valence-corrected chi connectivity index (χ0v) is 25.9. The van der Waals surface area contributed by atoms with Crippen LogP contribution < -0.4 is 4.72 Å². The summed E-state index contributed by atoms with van der Waals surface area (Å²) in [6, 6.07) is 5.37. The van der Waals surface area contributed by atoms with Gasteiger partial charge in [0.1, 0.15) is 11.5 Å². The summed E-state index contributed by atoms with van der Waals surface area (Å²) in [5.74, 6) is 0.396. The van der Waals surface area contributed by atoms with Gasteiger partial charge in [0.05, 0.1) is 27.6 Å². The molecule has 1 saturated carbocycles. The van der Waals surface area contributed by atoms with Gasteiger partial charge in [0.25, 0.3) is 5.91 Å². The lowest BCUT2D eigenvalue weighted by molar-refractivity contribution is 0.0435. The van der Waals surface area contributed by atoms with Crippen molar-refractivity contribution >= 4 is 72.8 Å². The second kappa shape index (κ2) is 13.3. The van der Waals surface area contributed by atoms with Crippen molar-refractivity contribution in [3.05, 3.63) is 80.6 Å². The third-order valence-corrected chi connectivity index (χ3v) is 10.1. The summed E-state index contributed by atoms with van der Waals surface area (Å²) in [5, 5.41) is 5.38. The largest absolute Gasteiger partial charge is 0.755 e. The van der Waals surface area contributed by atoms with Gasteiger partial charge in [-0.3, -0.25) is 13.7 Å². The second-order valence-corrected chi connectivity index (χ2v) is 13.0. The Morgan fingerprint density at radius 2 is 2.07 bits per heavy atom. The normalized spacial score (nSPS) is 18.9. The average Bonchev–Trinajstić information content (AvgIpc) is 3.58. The summed E-state index contributed by atoms with van der Waals surface area (Å²) in [5.41, 5.74) is 3.55. The van der Waals surface area contributed by atoms with Crippen LogP contribution in [0.4, 0.5) is 0 Å². The molecule has 0 bridgehead atoms. The molecule has 3 atom stereocenters. The molecule has 2 aliphatic rings. The quantitative estimate of drug-likeness (QED) is 0.141. The van der Waals surface area contributed by atoms with Crippen molar-refractivity contribution in [2.75, 3.05) is 12.7 Å². The first-order chi connectivity index (χ1) is 19.8. The number of hydrogen-bond acceptors (Lipinski definition) is 9. The number of amides is 1. The van der Waals surface area contributed by atoms with Gasteiger partial charge in [0.15, 0.2) is 5.69 Å². The van der Waals surface area contributed by atoms with Crippen LogP contribution in [-0.4, -0.2) is 47.7 Å². The van der Waals surface area contributed by atoms with Gasteiger partial charge in [0, 0.05) is 52.3 Å². The minimum Gasteiger partial charge on any atom is -0.755 e. The first kappa shape index (κ1) is 30.1. The van der Waals surface area contributed by atoms with E-state index in [2.05, 4.69) is 27.4 Å². The van der Waals surface area contributed by atoms with E-state index in [9.17, 15) is 13.6 Å². The Bertz CT molecular complexity index is 1510. The molecule has 1 amide bonds. The predicted molar refractivity (Wildman–Crippen MR) is 164 cm³/mol. The maximum atomic E-state index is 12.2. The van der Waals surface area contributed by atoms with Crippen molar-refractivity contribution in [1.82, 2.24) is 18.9 Å². The molecule has 1 aliphatic carbocycles. The number of halogens is 2. The highest BCUT2D eigenvalue weighted by Gasteiger charge is 2.34. The molecule has 0 radical (unpaired) electrons. The standard InChI is InChI=1S/C27H27Cl2N4O5PS2/c1-3-16(12-22-18(4-2)25(31-40-22)27(34)32-41(35)36)33-11-10-17(14-39-33)37-13-19-24(30-38-26(19)15-8-9-15)23-20(28)6-5-7-21(23)29/h3-7,12,15,17,39H,1-2,8-11,13-14H2,(H,32,34)(H,35,36)/p-1/b16-12+. The molecule has 41 heavy (non-hydrogen) atoms. The Morgan fingerprint density at radius 1 is 1.32 bits per heavy atom. The number of carbonyl (C=O) groups excluding carboxylic acids is 1. The third-order valence-electron chi connectivity index (χ3n) is 6.77. The van der Waals surface area contributed by atoms with Crippen LogP contribution >= 0.6 is 43.5 Å². The van der Waals surface area contributed by atoms with Crippen molar-refractivity contribution in [2.24, 2.45) is 0 Å². The zero-order chi connectivity index (χ0) is 29.1. The summed E-state index contributed by atoms with van der Waals surface area (Å²) in [4.78, 5) is 12.9. The molecule has 9 nitrogen and oxygen atoms in total. The first-order valence-corrected chi connectivity index (χ1v) is 16.5. The van der Waals surface area contributed by atoms with E-state index >= 15 is 0 Å². The molecule has 1 N–H and O–H groups in total. The molecule has 1 aliphatic heterocycles. The fraction of sp³-hybridized carbons (Fsp3) is 0.296. The van der Waals surface area contributed by atoms with E-state index in [4.69, 9.17) is 32.5 Å². The molecule has 3 heterocycles. The molecule has 1 saturated heterocycles. The maximum Gasteiger partial charge on any atom is 0.282 e. The van der Waals surface area contributed by atoms with E-state index in [1.165, 1.54) is 6.08 Å². The summed E-state index contributed by atoms with van der Waals surface area (Å²) < 4.78 is 42.1. The second-order valence-electron chi connectivity index (χ2n) is 9.43. The molecule has 3 unspecified atom stereocenters. The summed E-state index contributed by atoms with van der Waals surface area (Å²) >= 11 is 11.3. The van der Waals surface area contributed by atoms with Crippen molar-refractivity contribution in [3.63, 3.8) is 0 Å². The van der Waals surface area contributed by atoms with E-state index < -0.39 is 17.2 Å². The Kier molecular flexibility index (Phi) is 9.76. The van der Waals surface area contributed by atoms with Gasteiger partial charge in [-0.25, -0.2) is 0 Å². The highest BCUT2D eigenvalue weighted by atomic mass is 35.5. The Labute approximate surface area is 256 Å². The molecule has 5 rings (SSSR count). The third kappa shape index (κ3) is 6.83. The fourth-order valence-electron chi connectivity index (χ4n) is 4.56. The minimum atomic E-state index is -2.73. The number of aromatic nitrogens is 2. The monoisotopic (exact) mass is 651 g/mol. The van der Waals surface area contributed by atoms with Crippen LogP contribution in [0.5, 0.6) is 0 Å². The van der Waals surface area contributed by atoms with E-state index in [0.29, 0.717) is 53.0 Å². The topological polar surface area (TPSA) is 121 Å². The number of nitrogens with zero attached hydrogens (tertiary/aromatic N) is 3. The molecule has 14 heteroatoms. The van der Waals surface area contributed by atoms with Gasteiger partial charge >= 0.3 is 0 Å². The number of allylic oxidation sites excluding steroid dienone is 1. The summed E-state index contributed by atoms with van der Waals surface area (Å²) in [6.07, 6.45) is 8.92.